The number of carboxylic acid groups (broad SMARTS) is 2. The Balaban J connectivity index is 0.00000342. The predicted molar refractivity (Wildman–Crippen MR) is 130 cm³/mol. The molecule has 35 heavy (non-hydrogen) atoms. The summed E-state index contributed by atoms with van der Waals surface area (Å²) in [5.74, 6) is -2.50. The number of aromatic nitrogens is 3. The molecule has 2 aromatic heterocycles. The van der Waals surface area contributed by atoms with Crippen molar-refractivity contribution in [3.8, 4) is 0 Å². The number of hydrogen-bond acceptors (Lipinski definition) is 8. The van der Waals surface area contributed by atoms with Crippen LogP contribution in [0.1, 0.15) is 26.4 Å². The lowest BCUT2D eigenvalue weighted by Gasteiger charge is -2.14. The summed E-state index contributed by atoms with van der Waals surface area (Å²) in [5.41, 5.74) is 1.27. The number of nitrogens with one attached hydrogen (secondary N) is 2. The molecule has 4 aromatic rings. The van der Waals surface area contributed by atoms with Gasteiger partial charge in [-0.05, 0) is 55.5 Å². The molecule has 180 valence electrons. The molecular weight excluding hydrogens is 498 g/mol. The third-order valence-electron chi connectivity index (χ3n) is 4.80. The summed E-state index contributed by atoms with van der Waals surface area (Å²) in [6.07, 6.45) is 2.60. The van der Waals surface area contributed by atoms with Gasteiger partial charge in [0.15, 0.2) is 0 Å². The molecule has 0 aliphatic heterocycles. The zero-order valence-corrected chi connectivity index (χ0v) is 19.6. The van der Waals surface area contributed by atoms with E-state index < -0.39 is 22.0 Å². The van der Waals surface area contributed by atoms with Crippen molar-refractivity contribution >= 4 is 62.6 Å². The van der Waals surface area contributed by atoms with Crippen molar-refractivity contribution in [1.82, 2.24) is 15.0 Å². The van der Waals surface area contributed by atoms with Gasteiger partial charge in [0.1, 0.15) is 5.56 Å². The Labute approximate surface area is 205 Å². The van der Waals surface area contributed by atoms with Gasteiger partial charge >= 0.3 is 11.9 Å². The van der Waals surface area contributed by atoms with Crippen LogP contribution in [0.5, 0.6) is 0 Å². The first-order valence-electron chi connectivity index (χ1n) is 9.73. The average Bonchev–Trinajstić information content (AvgIpc) is 2.78. The van der Waals surface area contributed by atoms with Crippen molar-refractivity contribution in [2.45, 2.75) is 11.8 Å². The lowest BCUT2D eigenvalue weighted by molar-refractivity contribution is 0.0687. The van der Waals surface area contributed by atoms with Crippen LogP contribution < -0.4 is 10.0 Å². The number of sulfonamides is 1. The Morgan fingerprint density at radius 1 is 0.943 bits per heavy atom. The summed E-state index contributed by atoms with van der Waals surface area (Å²) < 4.78 is 27.6. The highest BCUT2D eigenvalue weighted by molar-refractivity contribution is 7.92. The number of aromatic carboxylic acids is 2. The minimum absolute atomic E-state index is 0. The molecule has 11 nitrogen and oxygen atoms in total. The molecule has 0 spiro atoms. The number of fused-ring (bicyclic) bond motifs is 1. The Bertz CT molecular complexity index is 1540. The fraction of sp³-hybridized carbons (Fsp3) is 0.0455. The molecular formula is C22H18ClN5O6S. The molecule has 2 heterocycles. The molecule has 0 bridgehead atoms. The van der Waals surface area contributed by atoms with Crippen molar-refractivity contribution in [1.29, 1.82) is 0 Å². The molecule has 0 radical (unpaired) electrons. The normalized spacial score (nSPS) is 10.9. The largest absolute Gasteiger partial charge is 0.478 e. The van der Waals surface area contributed by atoms with Gasteiger partial charge in [-0.15, -0.1) is 12.4 Å². The van der Waals surface area contributed by atoms with E-state index in [1.165, 1.54) is 48.7 Å². The maximum Gasteiger partial charge on any atom is 0.339 e. The maximum absolute atomic E-state index is 12.6. The van der Waals surface area contributed by atoms with Gasteiger partial charge in [-0.2, -0.15) is 0 Å². The summed E-state index contributed by atoms with van der Waals surface area (Å²) in [4.78, 5) is 35.1. The van der Waals surface area contributed by atoms with Crippen LogP contribution in [0.3, 0.4) is 0 Å². The molecule has 0 aliphatic rings. The number of nitrogens with zero attached hydrogens (tertiary/aromatic N) is 3. The van der Waals surface area contributed by atoms with Gasteiger partial charge < -0.3 is 15.5 Å². The van der Waals surface area contributed by atoms with E-state index in [9.17, 15) is 28.2 Å². The molecule has 0 saturated heterocycles. The van der Waals surface area contributed by atoms with Crippen molar-refractivity contribution in [3.63, 3.8) is 0 Å². The molecule has 0 amide bonds. The summed E-state index contributed by atoms with van der Waals surface area (Å²) in [6.45, 7) is 1.70. The Morgan fingerprint density at radius 2 is 1.66 bits per heavy atom. The van der Waals surface area contributed by atoms with Crippen LogP contribution in [0.25, 0.3) is 10.9 Å². The second-order valence-electron chi connectivity index (χ2n) is 7.17. The molecule has 0 unspecified atom stereocenters. The monoisotopic (exact) mass is 515 g/mol. The molecule has 0 saturated carbocycles. The summed E-state index contributed by atoms with van der Waals surface area (Å²) in [5, 5.41) is 22.1. The SMILES string of the molecule is Cc1ccnc(NS(=O)(=O)c2ccc(Nc3c(C(=O)O)cnc4ccc(C(=O)O)cc34)cc2)n1.Cl. The zero-order valence-electron chi connectivity index (χ0n) is 18.0. The third-order valence-corrected chi connectivity index (χ3v) is 6.14. The van der Waals surface area contributed by atoms with E-state index in [1.807, 2.05) is 0 Å². The molecule has 4 rings (SSSR count). The Hall–Kier alpha value is -4.29. The minimum atomic E-state index is -3.96. The standard InChI is InChI=1S/C22H17N5O6S.ClH/c1-12-8-9-23-22(25-12)27-34(32,33)15-5-3-14(4-6-15)26-19-16-10-13(20(28)29)2-7-18(16)24-11-17(19)21(30)31;/h2-11H,1H3,(H,24,26)(H,28,29)(H,30,31)(H,23,25,27);1H. The number of hydrogen-bond donors (Lipinski definition) is 4. The fourth-order valence-corrected chi connectivity index (χ4v) is 4.11. The summed E-state index contributed by atoms with van der Waals surface area (Å²) in [6, 6.07) is 11.3. The highest BCUT2D eigenvalue weighted by atomic mass is 35.5. The van der Waals surface area contributed by atoms with E-state index in [-0.39, 0.29) is 45.5 Å². The number of carboxylic acids is 2. The number of rotatable bonds is 7. The number of aryl methyl sites for hydroxylation is 1. The first-order valence-corrected chi connectivity index (χ1v) is 11.2. The van der Waals surface area contributed by atoms with E-state index in [2.05, 4.69) is 25.0 Å². The fourth-order valence-electron chi connectivity index (χ4n) is 3.16. The van der Waals surface area contributed by atoms with Crippen LogP contribution in [0.2, 0.25) is 0 Å². The lowest BCUT2D eigenvalue weighted by atomic mass is 10.1. The third kappa shape index (κ3) is 5.45. The van der Waals surface area contributed by atoms with Crippen LogP contribution >= 0.6 is 12.4 Å². The van der Waals surface area contributed by atoms with Crippen LogP contribution in [0.15, 0.2) is 65.8 Å². The second-order valence-corrected chi connectivity index (χ2v) is 8.85. The smallest absolute Gasteiger partial charge is 0.339 e. The first kappa shape index (κ1) is 25.3. The topological polar surface area (TPSA) is 171 Å². The van der Waals surface area contributed by atoms with Gasteiger partial charge in [-0.1, -0.05) is 0 Å². The lowest BCUT2D eigenvalue weighted by Crippen LogP contribution is -2.15. The number of anilines is 3. The van der Waals surface area contributed by atoms with Crippen LogP contribution in [0, 0.1) is 6.92 Å². The summed E-state index contributed by atoms with van der Waals surface area (Å²) >= 11 is 0. The van der Waals surface area contributed by atoms with Gasteiger partial charge in [0.2, 0.25) is 5.95 Å². The van der Waals surface area contributed by atoms with Gasteiger partial charge in [0, 0.05) is 29.2 Å². The number of halogens is 1. The zero-order chi connectivity index (χ0) is 24.5. The van der Waals surface area contributed by atoms with Gasteiger partial charge in [0.25, 0.3) is 10.0 Å². The number of pyridine rings is 1. The van der Waals surface area contributed by atoms with Crippen molar-refractivity contribution in [2.75, 3.05) is 10.0 Å². The van der Waals surface area contributed by atoms with E-state index in [0.717, 1.165) is 6.20 Å². The van der Waals surface area contributed by atoms with Crippen molar-refractivity contribution in [3.05, 3.63) is 77.7 Å². The van der Waals surface area contributed by atoms with Gasteiger partial charge in [-0.3, -0.25) is 4.98 Å². The molecule has 13 heteroatoms. The Morgan fingerprint density at radius 3 is 2.29 bits per heavy atom. The van der Waals surface area contributed by atoms with E-state index in [4.69, 9.17) is 0 Å². The minimum Gasteiger partial charge on any atom is -0.478 e. The first-order chi connectivity index (χ1) is 16.1. The second kappa shape index (κ2) is 9.91. The number of benzene rings is 2. The van der Waals surface area contributed by atoms with E-state index in [1.54, 1.807) is 13.0 Å². The summed E-state index contributed by atoms with van der Waals surface area (Å²) in [7, 11) is -3.96. The number of carbonyl (C=O) groups is 2. The molecule has 2 aromatic carbocycles. The van der Waals surface area contributed by atoms with Crippen molar-refractivity contribution in [2.24, 2.45) is 0 Å². The average molecular weight is 516 g/mol. The quantitative estimate of drug-likeness (QED) is 0.284. The van der Waals surface area contributed by atoms with E-state index >= 15 is 0 Å². The highest BCUT2D eigenvalue weighted by Gasteiger charge is 2.18. The van der Waals surface area contributed by atoms with Crippen LogP contribution in [0.4, 0.5) is 17.3 Å². The predicted octanol–water partition coefficient (Wildman–Crippen LogP) is 3.70. The van der Waals surface area contributed by atoms with Gasteiger partial charge in [0.05, 0.1) is 21.7 Å². The maximum atomic E-state index is 12.6. The van der Waals surface area contributed by atoms with Crippen LogP contribution in [-0.4, -0.2) is 45.5 Å². The van der Waals surface area contributed by atoms with Crippen molar-refractivity contribution < 1.29 is 28.2 Å². The Kier molecular flexibility index (Phi) is 7.17. The van der Waals surface area contributed by atoms with E-state index in [0.29, 0.717) is 16.9 Å². The van der Waals surface area contributed by atoms with Gasteiger partial charge in [-0.25, -0.2) is 32.7 Å². The molecule has 0 atom stereocenters. The van der Waals surface area contributed by atoms with Crippen LogP contribution in [-0.2, 0) is 10.0 Å². The molecule has 4 N–H and O–H groups in total. The molecule has 0 fully saturated rings. The highest BCUT2D eigenvalue weighted by Crippen LogP contribution is 2.30. The molecule has 0 aliphatic carbocycles.